The molecule has 1 aromatic heterocycles. The minimum atomic E-state index is 0. The molecule has 0 saturated heterocycles. The van der Waals surface area contributed by atoms with Gasteiger partial charge in [-0.15, -0.1) is 24.0 Å². The van der Waals surface area contributed by atoms with Crippen LogP contribution in [0.15, 0.2) is 35.6 Å². The van der Waals surface area contributed by atoms with Crippen LogP contribution in [-0.2, 0) is 20.0 Å². The lowest BCUT2D eigenvalue weighted by Crippen LogP contribution is -2.38. The largest absolute Gasteiger partial charge is 0.496 e. The quantitative estimate of drug-likeness (QED) is 0.381. The summed E-state index contributed by atoms with van der Waals surface area (Å²) in [6.45, 7) is 6.38. The van der Waals surface area contributed by atoms with Gasteiger partial charge in [0.1, 0.15) is 5.75 Å². The molecule has 0 fully saturated rings. The Balaban J connectivity index is 0.00000312. The van der Waals surface area contributed by atoms with Crippen LogP contribution in [0.1, 0.15) is 23.6 Å². The van der Waals surface area contributed by atoms with Crippen molar-refractivity contribution in [3.8, 4) is 5.75 Å². The summed E-state index contributed by atoms with van der Waals surface area (Å²) in [5.41, 5.74) is 3.53. The molecule has 0 unspecified atom stereocenters. The van der Waals surface area contributed by atoms with Gasteiger partial charge in [0.05, 0.1) is 19.9 Å². The number of aryl methyl sites for hydroxylation is 2. The highest BCUT2D eigenvalue weighted by Gasteiger charge is 2.04. The normalized spacial score (nSPS) is 11.0. The zero-order chi connectivity index (χ0) is 17.4. The molecule has 0 aliphatic rings. The molecular weight excluding hydrogens is 429 g/mol. The number of nitrogens with zero attached hydrogens (tertiary/aromatic N) is 3. The number of guanidine groups is 1. The Bertz CT molecular complexity index is 684. The molecule has 0 aliphatic heterocycles. The summed E-state index contributed by atoms with van der Waals surface area (Å²) in [4.78, 5) is 4.60. The molecule has 0 saturated carbocycles. The number of methoxy groups -OCH3 is 1. The van der Waals surface area contributed by atoms with Crippen LogP contribution in [0.5, 0.6) is 5.75 Å². The number of nitrogens with one attached hydrogen (secondary N) is 2. The lowest BCUT2D eigenvalue weighted by atomic mass is 10.1. The van der Waals surface area contributed by atoms with Gasteiger partial charge in [0.15, 0.2) is 5.96 Å². The molecule has 2 aromatic rings. The average molecular weight is 457 g/mol. The van der Waals surface area contributed by atoms with Crippen LogP contribution in [-0.4, -0.2) is 35.9 Å². The van der Waals surface area contributed by atoms with Gasteiger partial charge in [-0.05, 0) is 31.9 Å². The number of halogens is 1. The molecule has 1 aromatic carbocycles. The first-order valence-corrected chi connectivity index (χ1v) is 8.25. The van der Waals surface area contributed by atoms with Crippen molar-refractivity contribution in [3.63, 3.8) is 0 Å². The first-order chi connectivity index (χ1) is 11.6. The monoisotopic (exact) mass is 457 g/mol. The molecule has 25 heavy (non-hydrogen) atoms. The third-order valence-corrected chi connectivity index (χ3v) is 3.65. The van der Waals surface area contributed by atoms with Crippen LogP contribution in [0, 0.1) is 6.92 Å². The minimum absolute atomic E-state index is 0. The van der Waals surface area contributed by atoms with Gasteiger partial charge in [0, 0.05) is 31.9 Å². The van der Waals surface area contributed by atoms with E-state index >= 15 is 0 Å². The lowest BCUT2D eigenvalue weighted by molar-refractivity contribution is 0.409. The SMILES string of the molecule is CCNC(=NCc1cnn(C)c1)NCCc1cc(C)ccc1OC.I. The predicted molar refractivity (Wildman–Crippen MR) is 113 cm³/mol. The Kier molecular flexibility index (Phi) is 9.33. The summed E-state index contributed by atoms with van der Waals surface area (Å²) < 4.78 is 7.22. The molecule has 2 N–H and O–H groups in total. The third kappa shape index (κ3) is 6.93. The molecule has 0 atom stereocenters. The number of benzene rings is 1. The zero-order valence-electron chi connectivity index (χ0n) is 15.4. The second kappa shape index (κ2) is 11.0. The zero-order valence-corrected chi connectivity index (χ0v) is 17.7. The summed E-state index contributed by atoms with van der Waals surface area (Å²) in [5.74, 6) is 1.74. The van der Waals surface area contributed by atoms with Gasteiger partial charge in [0.25, 0.3) is 0 Å². The van der Waals surface area contributed by atoms with E-state index in [1.807, 2.05) is 25.5 Å². The van der Waals surface area contributed by atoms with E-state index in [0.717, 1.165) is 36.8 Å². The molecule has 0 spiro atoms. The Labute approximate surface area is 167 Å². The van der Waals surface area contributed by atoms with Crippen molar-refractivity contribution in [2.75, 3.05) is 20.2 Å². The molecule has 1 heterocycles. The second-order valence-corrected chi connectivity index (χ2v) is 5.71. The highest BCUT2D eigenvalue weighted by Crippen LogP contribution is 2.19. The van der Waals surface area contributed by atoms with Gasteiger partial charge in [0.2, 0.25) is 0 Å². The number of rotatable bonds is 7. The van der Waals surface area contributed by atoms with E-state index in [-0.39, 0.29) is 24.0 Å². The summed E-state index contributed by atoms with van der Waals surface area (Å²) >= 11 is 0. The van der Waals surface area contributed by atoms with Crippen molar-refractivity contribution in [3.05, 3.63) is 47.3 Å². The van der Waals surface area contributed by atoms with Crippen LogP contribution in [0.2, 0.25) is 0 Å². The molecule has 0 bridgehead atoms. The van der Waals surface area contributed by atoms with Crippen LogP contribution in [0.4, 0.5) is 0 Å². The maximum absolute atomic E-state index is 5.43. The Hall–Kier alpha value is -1.77. The van der Waals surface area contributed by atoms with Crippen LogP contribution in [0.3, 0.4) is 0 Å². The van der Waals surface area contributed by atoms with Crippen molar-refractivity contribution in [2.24, 2.45) is 12.0 Å². The van der Waals surface area contributed by atoms with Crippen molar-refractivity contribution in [1.29, 1.82) is 0 Å². The predicted octanol–water partition coefficient (Wildman–Crippen LogP) is 2.65. The highest BCUT2D eigenvalue weighted by atomic mass is 127. The summed E-state index contributed by atoms with van der Waals surface area (Å²) in [7, 11) is 3.62. The van der Waals surface area contributed by atoms with Gasteiger partial charge in [-0.25, -0.2) is 4.99 Å². The van der Waals surface area contributed by atoms with Gasteiger partial charge in [-0.2, -0.15) is 5.10 Å². The fourth-order valence-corrected chi connectivity index (χ4v) is 2.48. The van der Waals surface area contributed by atoms with E-state index in [9.17, 15) is 0 Å². The summed E-state index contributed by atoms with van der Waals surface area (Å²) in [5, 5.41) is 10.8. The van der Waals surface area contributed by atoms with Crippen LogP contribution in [0.25, 0.3) is 0 Å². The molecule has 0 aliphatic carbocycles. The maximum Gasteiger partial charge on any atom is 0.191 e. The van der Waals surface area contributed by atoms with E-state index in [4.69, 9.17) is 4.74 Å². The fourth-order valence-electron chi connectivity index (χ4n) is 2.48. The van der Waals surface area contributed by atoms with E-state index in [1.165, 1.54) is 11.1 Å². The van der Waals surface area contributed by atoms with Gasteiger partial charge >= 0.3 is 0 Å². The number of aromatic nitrogens is 2. The first kappa shape index (κ1) is 21.3. The van der Waals surface area contributed by atoms with Crippen molar-refractivity contribution in [2.45, 2.75) is 26.8 Å². The van der Waals surface area contributed by atoms with Crippen LogP contribution >= 0.6 is 24.0 Å². The fraction of sp³-hybridized carbons (Fsp3) is 0.444. The van der Waals surface area contributed by atoms with Gasteiger partial charge in [-0.3, -0.25) is 4.68 Å². The smallest absolute Gasteiger partial charge is 0.191 e. The number of hydrogen-bond acceptors (Lipinski definition) is 3. The molecule has 138 valence electrons. The summed E-state index contributed by atoms with van der Waals surface area (Å²) in [6.07, 6.45) is 4.69. The topological polar surface area (TPSA) is 63.5 Å². The van der Waals surface area contributed by atoms with Crippen molar-refractivity contribution >= 4 is 29.9 Å². The Morgan fingerprint density at radius 3 is 2.76 bits per heavy atom. The van der Waals surface area contributed by atoms with E-state index in [1.54, 1.807) is 11.8 Å². The van der Waals surface area contributed by atoms with Crippen molar-refractivity contribution < 1.29 is 4.74 Å². The second-order valence-electron chi connectivity index (χ2n) is 5.71. The minimum Gasteiger partial charge on any atom is -0.496 e. The Morgan fingerprint density at radius 2 is 2.12 bits per heavy atom. The van der Waals surface area contributed by atoms with Crippen LogP contribution < -0.4 is 15.4 Å². The standard InChI is InChI=1S/C18H27N5O.HI/c1-5-19-18(21-11-15-12-22-23(3)13-15)20-9-8-16-10-14(2)6-7-17(16)24-4;/h6-7,10,12-13H,5,8-9,11H2,1-4H3,(H2,19,20,21);1H. The number of aliphatic imine (C=N–C) groups is 1. The van der Waals surface area contributed by atoms with E-state index in [2.05, 4.69) is 46.7 Å². The molecule has 7 heteroatoms. The number of hydrogen-bond donors (Lipinski definition) is 2. The molecular formula is C18H28IN5O. The van der Waals surface area contributed by atoms with Gasteiger partial charge in [-0.1, -0.05) is 17.7 Å². The summed E-state index contributed by atoms with van der Waals surface area (Å²) in [6, 6.07) is 6.25. The maximum atomic E-state index is 5.43. The van der Waals surface area contributed by atoms with E-state index in [0.29, 0.717) is 6.54 Å². The highest BCUT2D eigenvalue weighted by molar-refractivity contribution is 14.0. The Morgan fingerprint density at radius 1 is 1.32 bits per heavy atom. The molecule has 6 nitrogen and oxygen atoms in total. The third-order valence-electron chi connectivity index (χ3n) is 3.65. The molecule has 2 rings (SSSR count). The van der Waals surface area contributed by atoms with Gasteiger partial charge < -0.3 is 15.4 Å². The molecule has 0 amide bonds. The van der Waals surface area contributed by atoms with E-state index < -0.39 is 0 Å². The number of ether oxygens (including phenoxy) is 1. The van der Waals surface area contributed by atoms with Crippen molar-refractivity contribution in [1.82, 2.24) is 20.4 Å². The lowest BCUT2D eigenvalue weighted by Gasteiger charge is -2.13. The molecule has 0 radical (unpaired) electrons. The first-order valence-electron chi connectivity index (χ1n) is 8.25. The average Bonchev–Trinajstić information content (AvgIpc) is 2.98.